The number of carbonyl (C=O) groups is 1. The van der Waals surface area contributed by atoms with Gasteiger partial charge >= 0.3 is 0 Å². The molecule has 1 aliphatic rings. The van der Waals surface area contributed by atoms with Crippen molar-refractivity contribution in [3.8, 4) is 5.75 Å². The minimum absolute atomic E-state index is 0.0631. The maximum Gasteiger partial charge on any atom is 0.273 e. The minimum atomic E-state index is -0.314. The third-order valence-corrected chi connectivity index (χ3v) is 3.34. The first kappa shape index (κ1) is 12.5. The lowest BCUT2D eigenvalue weighted by Gasteiger charge is -2.04. The van der Waals surface area contributed by atoms with E-state index in [0.717, 1.165) is 4.47 Å². The van der Waals surface area contributed by atoms with Crippen LogP contribution in [0.1, 0.15) is 5.56 Å². The lowest BCUT2D eigenvalue weighted by Crippen LogP contribution is -2.21. The predicted molar refractivity (Wildman–Crippen MR) is 75.4 cm³/mol. The zero-order valence-corrected chi connectivity index (χ0v) is 12.2. The van der Waals surface area contributed by atoms with Crippen LogP contribution in [0.4, 0.5) is 0 Å². The molecular formula is C10H6Br2N2O2S. The number of phenols is 1. The average molecular weight is 378 g/mol. The second-order valence-electron chi connectivity index (χ2n) is 3.29. The standard InChI is InChI=1S/C10H6Br2N2O2S/c11-5-1-4(8(15)6(12)3-5)2-7-9(16)14-10(17)13-7/h1-3,15H,(H2,13,14,16,17)/b7-2-. The van der Waals surface area contributed by atoms with Gasteiger partial charge in [0.25, 0.3) is 5.91 Å². The number of hydrogen-bond donors (Lipinski definition) is 3. The monoisotopic (exact) mass is 376 g/mol. The van der Waals surface area contributed by atoms with E-state index in [-0.39, 0.29) is 16.8 Å². The van der Waals surface area contributed by atoms with Gasteiger partial charge in [0.1, 0.15) is 11.4 Å². The van der Waals surface area contributed by atoms with Crippen LogP contribution in [0.2, 0.25) is 0 Å². The third-order valence-electron chi connectivity index (χ3n) is 2.08. The Labute approximate surface area is 119 Å². The Hall–Kier alpha value is -0.920. The van der Waals surface area contributed by atoms with E-state index < -0.39 is 0 Å². The highest BCUT2D eigenvalue weighted by Crippen LogP contribution is 2.33. The summed E-state index contributed by atoms with van der Waals surface area (Å²) >= 11 is 11.3. The molecule has 1 saturated heterocycles. The smallest absolute Gasteiger partial charge is 0.273 e. The summed E-state index contributed by atoms with van der Waals surface area (Å²) < 4.78 is 1.33. The van der Waals surface area contributed by atoms with Gasteiger partial charge in [-0.25, -0.2) is 0 Å². The molecule has 1 aliphatic heterocycles. The van der Waals surface area contributed by atoms with Crippen LogP contribution in [-0.2, 0) is 4.79 Å². The summed E-state index contributed by atoms with van der Waals surface area (Å²) in [5, 5.41) is 15.2. The van der Waals surface area contributed by atoms with Crippen molar-refractivity contribution in [2.45, 2.75) is 0 Å². The molecule has 4 nitrogen and oxygen atoms in total. The first-order chi connectivity index (χ1) is 7.97. The molecule has 0 atom stereocenters. The van der Waals surface area contributed by atoms with Crippen LogP contribution in [0, 0.1) is 0 Å². The predicted octanol–water partition coefficient (Wildman–Crippen LogP) is 2.26. The summed E-state index contributed by atoms with van der Waals surface area (Å²) in [4.78, 5) is 11.4. The molecule has 0 aliphatic carbocycles. The van der Waals surface area contributed by atoms with Gasteiger partial charge in [0.15, 0.2) is 5.11 Å². The Bertz CT molecular complexity index is 557. The normalized spacial score (nSPS) is 17.2. The quantitative estimate of drug-likeness (QED) is 0.519. The molecule has 3 N–H and O–H groups in total. The van der Waals surface area contributed by atoms with E-state index in [0.29, 0.717) is 15.7 Å². The number of amides is 1. The van der Waals surface area contributed by atoms with Crippen LogP contribution in [0.3, 0.4) is 0 Å². The van der Waals surface area contributed by atoms with Crippen molar-refractivity contribution >= 4 is 61.2 Å². The number of phenolic OH excluding ortho intramolecular Hbond substituents is 1. The van der Waals surface area contributed by atoms with Crippen molar-refractivity contribution in [2.75, 3.05) is 0 Å². The Kier molecular flexibility index (Phi) is 3.50. The largest absolute Gasteiger partial charge is 0.506 e. The van der Waals surface area contributed by atoms with Gasteiger partial charge < -0.3 is 10.4 Å². The number of thiocarbonyl (C=S) groups is 1. The fourth-order valence-electron chi connectivity index (χ4n) is 1.33. The first-order valence-electron chi connectivity index (χ1n) is 4.49. The highest BCUT2D eigenvalue weighted by atomic mass is 79.9. The maximum atomic E-state index is 11.4. The van der Waals surface area contributed by atoms with Crippen LogP contribution in [0.25, 0.3) is 6.08 Å². The molecule has 0 spiro atoms. The molecule has 0 bridgehead atoms. The van der Waals surface area contributed by atoms with Gasteiger partial charge in [-0.05, 0) is 46.4 Å². The highest BCUT2D eigenvalue weighted by molar-refractivity contribution is 9.11. The van der Waals surface area contributed by atoms with Crippen molar-refractivity contribution in [3.63, 3.8) is 0 Å². The SMILES string of the molecule is O=C1NC(=S)N/C1=C\c1cc(Br)cc(Br)c1O. The van der Waals surface area contributed by atoms with Crippen molar-refractivity contribution in [3.05, 3.63) is 32.3 Å². The second-order valence-corrected chi connectivity index (χ2v) is 5.47. The summed E-state index contributed by atoms with van der Waals surface area (Å²) in [6.45, 7) is 0. The fourth-order valence-corrected chi connectivity index (χ4v) is 2.79. The molecule has 1 aromatic rings. The molecular weight excluding hydrogens is 372 g/mol. The molecule has 0 unspecified atom stereocenters. The molecule has 1 aromatic carbocycles. The zero-order valence-electron chi connectivity index (χ0n) is 8.25. The summed E-state index contributed by atoms with van der Waals surface area (Å²) in [6, 6.07) is 3.41. The number of rotatable bonds is 1. The van der Waals surface area contributed by atoms with Crippen LogP contribution in [-0.4, -0.2) is 16.1 Å². The summed E-state index contributed by atoms with van der Waals surface area (Å²) in [5.74, 6) is -0.251. The maximum absolute atomic E-state index is 11.4. The van der Waals surface area contributed by atoms with E-state index in [1.165, 1.54) is 6.08 Å². The molecule has 1 fully saturated rings. The molecule has 17 heavy (non-hydrogen) atoms. The van der Waals surface area contributed by atoms with Crippen molar-refractivity contribution < 1.29 is 9.90 Å². The lowest BCUT2D eigenvalue weighted by molar-refractivity contribution is -0.115. The Morgan fingerprint density at radius 1 is 1.29 bits per heavy atom. The number of carbonyl (C=O) groups excluding carboxylic acids is 1. The van der Waals surface area contributed by atoms with E-state index in [2.05, 4.69) is 42.5 Å². The van der Waals surface area contributed by atoms with Crippen molar-refractivity contribution in [2.24, 2.45) is 0 Å². The molecule has 7 heteroatoms. The number of nitrogens with one attached hydrogen (secondary N) is 2. The minimum Gasteiger partial charge on any atom is -0.506 e. The second kappa shape index (κ2) is 4.75. The summed E-state index contributed by atoms with van der Waals surface area (Å²) in [7, 11) is 0. The molecule has 0 radical (unpaired) electrons. The number of halogens is 2. The van der Waals surface area contributed by atoms with E-state index in [1.54, 1.807) is 12.1 Å². The Morgan fingerprint density at radius 3 is 2.59 bits per heavy atom. The Balaban J connectivity index is 2.46. The molecule has 0 aromatic heterocycles. The van der Waals surface area contributed by atoms with Gasteiger partial charge in [-0.2, -0.15) is 0 Å². The fraction of sp³-hybridized carbons (Fsp3) is 0. The van der Waals surface area contributed by atoms with Gasteiger partial charge in [0, 0.05) is 10.0 Å². The van der Waals surface area contributed by atoms with E-state index in [4.69, 9.17) is 12.2 Å². The van der Waals surface area contributed by atoms with Crippen molar-refractivity contribution in [1.29, 1.82) is 0 Å². The molecule has 2 rings (SSSR count). The van der Waals surface area contributed by atoms with E-state index in [1.807, 2.05) is 0 Å². The first-order valence-corrected chi connectivity index (χ1v) is 6.49. The van der Waals surface area contributed by atoms with Gasteiger partial charge in [0.2, 0.25) is 0 Å². The number of aromatic hydroxyl groups is 1. The van der Waals surface area contributed by atoms with E-state index in [9.17, 15) is 9.90 Å². The van der Waals surface area contributed by atoms with Crippen LogP contribution < -0.4 is 10.6 Å². The van der Waals surface area contributed by atoms with E-state index >= 15 is 0 Å². The Morgan fingerprint density at radius 2 is 2.00 bits per heavy atom. The topological polar surface area (TPSA) is 61.4 Å². The summed E-state index contributed by atoms with van der Waals surface area (Å²) in [6.07, 6.45) is 1.53. The van der Waals surface area contributed by atoms with Gasteiger partial charge in [-0.3, -0.25) is 10.1 Å². The lowest BCUT2D eigenvalue weighted by atomic mass is 10.1. The number of hydrogen-bond acceptors (Lipinski definition) is 3. The molecule has 88 valence electrons. The van der Waals surface area contributed by atoms with Crippen LogP contribution >= 0.6 is 44.1 Å². The van der Waals surface area contributed by atoms with Crippen LogP contribution in [0.15, 0.2) is 26.8 Å². The number of benzene rings is 1. The average Bonchev–Trinajstić information content (AvgIpc) is 2.53. The molecule has 1 amide bonds. The van der Waals surface area contributed by atoms with Crippen LogP contribution in [0.5, 0.6) is 5.75 Å². The summed E-state index contributed by atoms with van der Waals surface area (Å²) in [5.41, 5.74) is 0.809. The third kappa shape index (κ3) is 2.67. The van der Waals surface area contributed by atoms with Gasteiger partial charge in [0.05, 0.1) is 4.47 Å². The van der Waals surface area contributed by atoms with Gasteiger partial charge in [-0.1, -0.05) is 15.9 Å². The zero-order chi connectivity index (χ0) is 12.6. The molecule has 1 heterocycles. The van der Waals surface area contributed by atoms with Crippen molar-refractivity contribution in [1.82, 2.24) is 10.6 Å². The van der Waals surface area contributed by atoms with Gasteiger partial charge in [-0.15, -0.1) is 0 Å². The highest BCUT2D eigenvalue weighted by Gasteiger charge is 2.20. The molecule has 0 saturated carbocycles.